The molecule has 0 aliphatic rings. The molecule has 0 saturated heterocycles. The number of nitrogens with zero attached hydrogens (tertiary/aromatic N) is 1. The lowest BCUT2D eigenvalue weighted by Crippen LogP contribution is -2.23. The normalized spacial score (nSPS) is 11.2. The van der Waals surface area contributed by atoms with Gasteiger partial charge in [0.15, 0.2) is 0 Å². The number of phenolic OH excluding ortho intramolecular Hbond substituents is 1. The second-order valence-corrected chi connectivity index (χ2v) is 8.27. The first kappa shape index (κ1) is 24.8. The van der Waals surface area contributed by atoms with Crippen LogP contribution in [-0.2, 0) is 13.0 Å². The average Bonchev–Trinajstić information content (AvgIpc) is 2.84. The van der Waals surface area contributed by atoms with Gasteiger partial charge in [-0.3, -0.25) is 9.78 Å². The van der Waals surface area contributed by atoms with Gasteiger partial charge in [-0.25, -0.2) is 4.39 Å². The van der Waals surface area contributed by atoms with Gasteiger partial charge >= 0.3 is 6.11 Å². The third-order valence-corrected chi connectivity index (χ3v) is 5.42. The number of carbonyl (C=O) groups excluding carboxylic acids is 1. The summed E-state index contributed by atoms with van der Waals surface area (Å²) in [5.74, 6) is -0.654. The fraction of sp³-hybridized carbons (Fsp3) is 0.143. The van der Waals surface area contributed by atoms with Crippen LogP contribution in [0.3, 0.4) is 0 Å². The molecule has 5 nitrogen and oxygen atoms in total. The first-order valence-corrected chi connectivity index (χ1v) is 11.1. The number of ether oxygens (including phenoxy) is 1. The molecular formula is C28H23F3N2O3. The summed E-state index contributed by atoms with van der Waals surface area (Å²) in [6.07, 6.45) is -1.65. The van der Waals surface area contributed by atoms with E-state index in [2.05, 4.69) is 10.3 Å². The van der Waals surface area contributed by atoms with Crippen LogP contribution in [0.25, 0.3) is 11.1 Å². The molecule has 0 fully saturated rings. The van der Waals surface area contributed by atoms with E-state index in [1.165, 1.54) is 24.4 Å². The number of hydrogen-bond donors (Lipinski definition) is 2. The zero-order chi connectivity index (χ0) is 25.7. The van der Waals surface area contributed by atoms with E-state index in [4.69, 9.17) is 4.74 Å². The molecule has 2 N–H and O–H groups in total. The van der Waals surface area contributed by atoms with Crippen LogP contribution in [0.1, 0.15) is 34.1 Å². The Morgan fingerprint density at radius 1 is 0.972 bits per heavy atom. The van der Waals surface area contributed by atoms with Crippen molar-refractivity contribution < 1.29 is 27.8 Å². The van der Waals surface area contributed by atoms with E-state index < -0.39 is 6.11 Å². The van der Waals surface area contributed by atoms with Crippen molar-refractivity contribution in [3.8, 4) is 22.6 Å². The van der Waals surface area contributed by atoms with E-state index in [9.17, 15) is 23.1 Å². The van der Waals surface area contributed by atoms with Crippen molar-refractivity contribution in [2.75, 3.05) is 0 Å². The Hall–Kier alpha value is -4.33. The molecule has 0 unspecified atom stereocenters. The van der Waals surface area contributed by atoms with Crippen LogP contribution >= 0.6 is 0 Å². The van der Waals surface area contributed by atoms with Crippen molar-refractivity contribution in [2.45, 2.75) is 26.0 Å². The average molecular weight is 492 g/mol. The van der Waals surface area contributed by atoms with Gasteiger partial charge in [-0.15, -0.1) is 0 Å². The summed E-state index contributed by atoms with van der Waals surface area (Å²) in [7, 11) is 0. The zero-order valence-corrected chi connectivity index (χ0v) is 19.3. The van der Waals surface area contributed by atoms with Gasteiger partial charge in [0.2, 0.25) is 0 Å². The fourth-order valence-electron chi connectivity index (χ4n) is 3.61. The smallest absolute Gasteiger partial charge is 0.394 e. The van der Waals surface area contributed by atoms with Crippen molar-refractivity contribution in [2.24, 2.45) is 0 Å². The SMILES string of the molecule is CC(F)(F)Oc1ccccc1Cc1ccc(C(=O)NCc2ccc(-c3ccc(F)cc3)cc2O)cn1. The van der Waals surface area contributed by atoms with Crippen molar-refractivity contribution in [1.29, 1.82) is 0 Å². The Morgan fingerprint density at radius 2 is 1.69 bits per heavy atom. The number of aromatic nitrogens is 1. The number of halogens is 3. The van der Waals surface area contributed by atoms with Crippen LogP contribution < -0.4 is 10.1 Å². The molecule has 0 aliphatic heterocycles. The van der Waals surface area contributed by atoms with Crippen LogP contribution in [0.2, 0.25) is 0 Å². The lowest BCUT2D eigenvalue weighted by atomic mass is 10.0. The molecule has 3 aromatic carbocycles. The molecule has 4 aromatic rings. The van der Waals surface area contributed by atoms with Gasteiger partial charge in [-0.2, -0.15) is 8.78 Å². The largest absolute Gasteiger partial charge is 0.508 e. The summed E-state index contributed by atoms with van der Waals surface area (Å²) >= 11 is 0. The van der Waals surface area contributed by atoms with Crippen molar-refractivity contribution in [3.63, 3.8) is 0 Å². The first-order valence-electron chi connectivity index (χ1n) is 11.1. The Labute approximate surface area is 206 Å². The number of pyridine rings is 1. The summed E-state index contributed by atoms with van der Waals surface area (Å²) < 4.78 is 44.4. The van der Waals surface area contributed by atoms with Crippen molar-refractivity contribution in [1.82, 2.24) is 10.3 Å². The summed E-state index contributed by atoms with van der Waals surface area (Å²) in [6.45, 7) is 0.765. The maximum Gasteiger partial charge on any atom is 0.394 e. The van der Waals surface area contributed by atoms with Crippen LogP contribution in [0, 0.1) is 5.82 Å². The second-order valence-electron chi connectivity index (χ2n) is 8.27. The molecule has 4 rings (SSSR count). The van der Waals surface area contributed by atoms with E-state index in [-0.39, 0.29) is 36.2 Å². The molecule has 0 atom stereocenters. The second kappa shape index (κ2) is 10.5. The third kappa shape index (κ3) is 6.41. The Balaban J connectivity index is 1.38. The number of hydrogen-bond acceptors (Lipinski definition) is 4. The number of benzene rings is 3. The number of amides is 1. The number of phenols is 1. The number of carbonyl (C=O) groups is 1. The van der Waals surface area contributed by atoms with Gasteiger partial charge in [-0.05, 0) is 47.5 Å². The standard InChI is InChI=1S/C28H23F3N2O3/c1-28(30,31)36-26-5-3-2-4-20(26)14-24-13-10-22(17-32-24)27(35)33-16-21-7-6-19(15-25(21)34)18-8-11-23(29)12-9-18/h2-13,15,17,34H,14,16H2,1H3,(H,33,35). The highest BCUT2D eigenvalue weighted by Crippen LogP contribution is 2.28. The Bertz CT molecular complexity index is 1350. The summed E-state index contributed by atoms with van der Waals surface area (Å²) in [5, 5.41) is 13.1. The summed E-state index contributed by atoms with van der Waals surface area (Å²) in [5.41, 5.74) is 3.43. The van der Waals surface area contributed by atoms with Crippen LogP contribution in [0.5, 0.6) is 11.5 Å². The number of rotatable bonds is 8. The van der Waals surface area contributed by atoms with E-state index >= 15 is 0 Å². The van der Waals surface area contributed by atoms with Gasteiger partial charge in [0.25, 0.3) is 5.91 Å². The van der Waals surface area contributed by atoms with E-state index in [1.54, 1.807) is 60.7 Å². The topological polar surface area (TPSA) is 71.5 Å². The predicted molar refractivity (Wildman–Crippen MR) is 129 cm³/mol. The minimum absolute atomic E-state index is 0.00383. The van der Waals surface area contributed by atoms with Gasteiger partial charge in [0, 0.05) is 42.9 Å². The monoisotopic (exact) mass is 492 g/mol. The van der Waals surface area contributed by atoms with E-state index in [0.717, 1.165) is 11.1 Å². The number of alkyl halides is 2. The first-order chi connectivity index (χ1) is 17.2. The van der Waals surface area contributed by atoms with Crippen molar-refractivity contribution >= 4 is 5.91 Å². The maximum atomic E-state index is 13.3. The minimum atomic E-state index is -3.30. The van der Waals surface area contributed by atoms with Crippen LogP contribution in [0.4, 0.5) is 13.2 Å². The summed E-state index contributed by atoms with van der Waals surface area (Å²) in [4.78, 5) is 16.8. The third-order valence-electron chi connectivity index (χ3n) is 5.42. The Kier molecular flexibility index (Phi) is 7.24. The molecule has 0 saturated carbocycles. The maximum absolute atomic E-state index is 13.3. The summed E-state index contributed by atoms with van der Waals surface area (Å²) in [6, 6.07) is 20.7. The highest BCUT2D eigenvalue weighted by molar-refractivity contribution is 5.93. The van der Waals surface area contributed by atoms with Gasteiger partial charge in [0.05, 0.1) is 5.56 Å². The van der Waals surface area contributed by atoms with Crippen LogP contribution in [0.15, 0.2) is 85.1 Å². The predicted octanol–water partition coefficient (Wildman–Crippen LogP) is 6.11. The Morgan fingerprint density at radius 3 is 2.36 bits per heavy atom. The molecule has 36 heavy (non-hydrogen) atoms. The molecule has 1 aromatic heterocycles. The van der Waals surface area contributed by atoms with Gasteiger partial charge in [-0.1, -0.05) is 42.5 Å². The molecule has 1 heterocycles. The minimum Gasteiger partial charge on any atom is -0.508 e. The lowest BCUT2D eigenvalue weighted by Gasteiger charge is -2.16. The zero-order valence-electron chi connectivity index (χ0n) is 19.3. The number of aromatic hydroxyl groups is 1. The highest BCUT2D eigenvalue weighted by Gasteiger charge is 2.24. The quantitative estimate of drug-likeness (QED) is 0.312. The molecule has 0 radical (unpaired) electrons. The molecule has 1 amide bonds. The number of nitrogens with one attached hydrogen (secondary N) is 1. The lowest BCUT2D eigenvalue weighted by molar-refractivity contribution is -0.159. The molecule has 8 heteroatoms. The van der Waals surface area contributed by atoms with Gasteiger partial charge in [0.1, 0.15) is 17.3 Å². The molecule has 0 bridgehead atoms. The van der Waals surface area contributed by atoms with Crippen molar-refractivity contribution in [3.05, 3.63) is 113 Å². The molecule has 0 spiro atoms. The molecular weight excluding hydrogens is 469 g/mol. The number of para-hydroxylation sites is 1. The highest BCUT2D eigenvalue weighted by atomic mass is 19.3. The fourth-order valence-corrected chi connectivity index (χ4v) is 3.61. The van der Waals surface area contributed by atoms with Crippen LogP contribution in [-0.4, -0.2) is 22.1 Å². The molecule has 184 valence electrons. The van der Waals surface area contributed by atoms with Gasteiger partial charge < -0.3 is 15.2 Å². The van der Waals surface area contributed by atoms with E-state index in [1.807, 2.05) is 0 Å². The van der Waals surface area contributed by atoms with E-state index in [0.29, 0.717) is 29.3 Å². The molecule has 0 aliphatic carbocycles.